The molecule has 0 fully saturated rings. The Labute approximate surface area is 97.0 Å². The molecule has 0 saturated carbocycles. The Kier molecular flexibility index (Phi) is 3.61. The van der Waals surface area contributed by atoms with Crippen molar-refractivity contribution < 1.29 is 27.8 Å². The third-order valence-electron chi connectivity index (χ3n) is 1.77. The zero-order valence-electron chi connectivity index (χ0n) is 8.69. The van der Waals surface area contributed by atoms with E-state index in [1.54, 1.807) is 12.1 Å². The Hall–Kier alpha value is -1.77. The summed E-state index contributed by atoms with van der Waals surface area (Å²) in [5, 5.41) is 9.05. The van der Waals surface area contributed by atoms with Gasteiger partial charge in [0.2, 0.25) is 0 Å². The maximum atomic E-state index is 11.1. The number of benzene rings is 1. The number of rotatable bonds is 0. The molecule has 0 atom stereocenters. The normalized spacial score (nSPS) is 14.2. The summed E-state index contributed by atoms with van der Waals surface area (Å²) in [7, 11) is -3.67. The Balaban J connectivity index is 0.000000249. The van der Waals surface area contributed by atoms with E-state index in [9.17, 15) is 18.0 Å². The SMILES string of the molecule is CS(=O)(=O)O.O=C1c2ccccc2C(=O)N1O. The van der Waals surface area contributed by atoms with Gasteiger partial charge in [-0.2, -0.15) is 8.42 Å². The molecule has 92 valence electrons. The van der Waals surface area contributed by atoms with Crippen LogP contribution in [0.25, 0.3) is 0 Å². The first-order valence-electron chi connectivity index (χ1n) is 4.31. The van der Waals surface area contributed by atoms with Crippen molar-refractivity contribution in [3.05, 3.63) is 35.4 Å². The van der Waals surface area contributed by atoms with E-state index >= 15 is 0 Å². The highest BCUT2D eigenvalue weighted by molar-refractivity contribution is 7.85. The van der Waals surface area contributed by atoms with Gasteiger partial charge < -0.3 is 0 Å². The van der Waals surface area contributed by atoms with Crippen molar-refractivity contribution in [1.29, 1.82) is 0 Å². The fourth-order valence-electron chi connectivity index (χ4n) is 1.18. The highest BCUT2D eigenvalue weighted by atomic mass is 32.2. The number of nitrogens with zero attached hydrogens (tertiary/aromatic N) is 1. The summed E-state index contributed by atoms with van der Waals surface area (Å²) in [6.07, 6.45) is 0.715. The first kappa shape index (κ1) is 13.3. The molecule has 2 rings (SSSR count). The summed E-state index contributed by atoms with van der Waals surface area (Å²) in [5.74, 6) is -1.31. The Morgan fingerprint density at radius 2 is 1.35 bits per heavy atom. The van der Waals surface area contributed by atoms with E-state index in [4.69, 9.17) is 9.76 Å². The van der Waals surface area contributed by atoms with Gasteiger partial charge >= 0.3 is 0 Å². The summed E-state index contributed by atoms with van der Waals surface area (Å²) in [4.78, 5) is 22.1. The lowest BCUT2D eigenvalue weighted by Crippen LogP contribution is -2.25. The van der Waals surface area contributed by atoms with E-state index < -0.39 is 21.9 Å². The van der Waals surface area contributed by atoms with Crippen LogP contribution in [0.5, 0.6) is 0 Å². The molecule has 1 aliphatic rings. The fraction of sp³-hybridized carbons (Fsp3) is 0.111. The molecular formula is C9H9NO6S. The topological polar surface area (TPSA) is 112 Å². The zero-order chi connectivity index (χ0) is 13.2. The van der Waals surface area contributed by atoms with Crippen LogP contribution in [0, 0.1) is 0 Å². The molecule has 2 N–H and O–H groups in total. The predicted octanol–water partition coefficient (Wildman–Crippen LogP) is 0.176. The van der Waals surface area contributed by atoms with Crippen molar-refractivity contribution in [2.24, 2.45) is 0 Å². The molecule has 0 radical (unpaired) electrons. The number of hydrogen-bond acceptors (Lipinski definition) is 5. The number of carbonyl (C=O) groups excluding carboxylic acids is 2. The van der Waals surface area contributed by atoms with Crippen molar-refractivity contribution in [3.63, 3.8) is 0 Å². The average Bonchev–Trinajstić information content (AvgIpc) is 2.43. The monoisotopic (exact) mass is 259 g/mol. The van der Waals surface area contributed by atoms with Gasteiger partial charge in [-0.25, -0.2) is 0 Å². The third-order valence-corrected chi connectivity index (χ3v) is 1.77. The molecule has 0 aliphatic carbocycles. The van der Waals surface area contributed by atoms with Gasteiger partial charge in [-0.1, -0.05) is 12.1 Å². The molecule has 8 heteroatoms. The van der Waals surface area contributed by atoms with Gasteiger partial charge in [0.15, 0.2) is 0 Å². The van der Waals surface area contributed by atoms with Gasteiger partial charge in [0, 0.05) is 0 Å². The van der Waals surface area contributed by atoms with E-state index in [-0.39, 0.29) is 16.2 Å². The van der Waals surface area contributed by atoms with Gasteiger partial charge in [0.05, 0.1) is 17.4 Å². The van der Waals surface area contributed by atoms with E-state index in [0.29, 0.717) is 6.26 Å². The molecule has 1 aliphatic heterocycles. The van der Waals surface area contributed by atoms with Crippen LogP contribution in [-0.2, 0) is 10.1 Å². The summed E-state index contributed by atoms with van der Waals surface area (Å²) in [6, 6.07) is 6.30. The summed E-state index contributed by atoms with van der Waals surface area (Å²) < 4.78 is 25.9. The predicted molar refractivity (Wildman–Crippen MR) is 56.2 cm³/mol. The Bertz CT molecular complexity index is 522. The van der Waals surface area contributed by atoms with Crippen LogP contribution in [0.4, 0.5) is 0 Å². The molecular weight excluding hydrogens is 250 g/mol. The molecule has 7 nitrogen and oxygen atoms in total. The average molecular weight is 259 g/mol. The lowest BCUT2D eigenvalue weighted by atomic mass is 10.1. The number of carbonyl (C=O) groups is 2. The summed E-state index contributed by atoms with van der Waals surface area (Å²) >= 11 is 0. The van der Waals surface area contributed by atoms with Crippen LogP contribution in [0.2, 0.25) is 0 Å². The van der Waals surface area contributed by atoms with E-state index in [0.717, 1.165) is 0 Å². The standard InChI is InChI=1S/C8H5NO3.CH4O3S/c10-7-5-3-1-2-4-6(5)8(11)9(7)12;1-5(2,3)4/h1-4,12H;1H3,(H,2,3,4). The van der Waals surface area contributed by atoms with Crippen molar-refractivity contribution in [1.82, 2.24) is 5.06 Å². The highest BCUT2D eigenvalue weighted by Gasteiger charge is 2.33. The maximum absolute atomic E-state index is 11.1. The largest absolute Gasteiger partial charge is 0.286 e. The van der Waals surface area contributed by atoms with Crippen LogP contribution in [0.15, 0.2) is 24.3 Å². The number of imide groups is 1. The van der Waals surface area contributed by atoms with E-state index in [1.165, 1.54) is 12.1 Å². The Morgan fingerprint density at radius 3 is 1.65 bits per heavy atom. The Morgan fingerprint density at radius 1 is 1.06 bits per heavy atom. The molecule has 0 bridgehead atoms. The number of hydroxylamine groups is 2. The molecule has 2 amide bonds. The van der Waals surface area contributed by atoms with Gasteiger partial charge in [-0.3, -0.25) is 19.3 Å². The molecule has 1 heterocycles. The number of hydrogen-bond donors (Lipinski definition) is 2. The fourth-order valence-corrected chi connectivity index (χ4v) is 1.18. The van der Waals surface area contributed by atoms with Crippen LogP contribution in [0.3, 0.4) is 0 Å². The van der Waals surface area contributed by atoms with Crippen molar-refractivity contribution in [2.45, 2.75) is 0 Å². The van der Waals surface area contributed by atoms with Gasteiger partial charge in [-0.05, 0) is 12.1 Å². The van der Waals surface area contributed by atoms with Gasteiger partial charge in [0.1, 0.15) is 0 Å². The molecule has 1 aromatic rings. The first-order valence-corrected chi connectivity index (χ1v) is 6.16. The second-order valence-corrected chi connectivity index (χ2v) is 4.67. The molecule has 0 saturated heterocycles. The zero-order valence-corrected chi connectivity index (χ0v) is 9.51. The van der Waals surface area contributed by atoms with Crippen LogP contribution < -0.4 is 0 Å². The van der Waals surface area contributed by atoms with Crippen molar-refractivity contribution in [2.75, 3.05) is 6.26 Å². The molecule has 0 spiro atoms. The molecule has 0 unspecified atom stereocenters. The molecule has 17 heavy (non-hydrogen) atoms. The number of amides is 2. The van der Waals surface area contributed by atoms with Crippen LogP contribution in [-0.4, -0.2) is 41.3 Å². The second-order valence-electron chi connectivity index (χ2n) is 3.20. The molecule has 1 aromatic carbocycles. The summed E-state index contributed by atoms with van der Waals surface area (Å²) in [6.45, 7) is 0. The van der Waals surface area contributed by atoms with Crippen LogP contribution in [0.1, 0.15) is 20.7 Å². The quantitative estimate of drug-likeness (QED) is 0.390. The van der Waals surface area contributed by atoms with Crippen LogP contribution >= 0.6 is 0 Å². The lowest BCUT2D eigenvalue weighted by Gasteiger charge is -1.99. The van der Waals surface area contributed by atoms with Gasteiger partial charge in [-0.15, -0.1) is 5.06 Å². The minimum absolute atomic E-state index is 0.130. The first-order chi connectivity index (χ1) is 7.72. The minimum Gasteiger partial charge on any atom is -0.286 e. The van der Waals surface area contributed by atoms with Gasteiger partial charge in [0.25, 0.3) is 21.9 Å². The number of fused-ring (bicyclic) bond motifs is 1. The maximum Gasteiger partial charge on any atom is 0.285 e. The van der Waals surface area contributed by atoms with E-state index in [2.05, 4.69) is 0 Å². The van der Waals surface area contributed by atoms with E-state index in [1.807, 2.05) is 0 Å². The minimum atomic E-state index is -3.67. The summed E-state index contributed by atoms with van der Waals surface area (Å²) in [5.41, 5.74) is 0.509. The van der Waals surface area contributed by atoms with Crippen molar-refractivity contribution in [3.8, 4) is 0 Å². The lowest BCUT2D eigenvalue weighted by molar-refractivity contribution is -0.0327. The third kappa shape index (κ3) is 3.34. The molecule has 0 aromatic heterocycles. The smallest absolute Gasteiger partial charge is 0.285 e. The second kappa shape index (κ2) is 4.62. The highest BCUT2D eigenvalue weighted by Crippen LogP contribution is 2.19. The van der Waals surface area contributed by atoms with Crippen molar-refractivity contribution >= 4 is 21.9 Å².